The molecule has 0 saturated heterocycles. The van der Waals surface area contributed by atoms with Gasteiger partial charge >= 0.3 is 0 Å². The van der Waals surface area contributed by atoms with Crippen molar-refractivity contribution in [3.8, 4) is 33.9 Å². The minimum Gasteiger partial charge on any atom is -0.472 e. The highest BCUT2D eigenvalue weighted by Crippen LogP contribution is 2.31. The van der Waals surface area contributed by atoms with Gasteiger partial charge in [-0.1, -0.05) is 0 Å². The number of hydrogen-bond acceptors (Lipinski definition) is 7. The monoisotopic (exact) mass is 436 g/mol. The van der Waals surface area contributed by atoms with Crippen molar-refractivity contribution in [3.05, 3.63) is 67.1 Å². The number of rotatable bonds is 5. The fourth-order valence-corrected chi connectivity index (χ4v) is 4.00. The van der Waals surface area contributed by atoms with Crippen molar-refractivity contribution in [1.82, 2.24) is 40.0 Å². The SMILES string of the molecule is CN(C)Cc1cncc(-c2cnc3[nH]nc(-c4nc5c(-c6ccoc6)nccc5[nH]4)c3c2)c1. The molecular formula is C24H20N8O. The van der Waals surface area contributed by atoms with E-state index in [2.05, 4.69) is 47.2 Å². The van der Waals surface area contributed by atoms with Gasteiger partial charge in [-0.05, 0) is 43.9 Å². The van der Waals surface area contributed by atoms with E-state index >= 15 is 0 Å². The van der Waals surface area contributed by atoms with Gasteiger partial charge in [0, 0.05) is 48.0 Å². The van der Waals surface area contributed by atoms with E-state index in [0.717, 1.165) is 50.9 Å². The number of H-pyrrole nitrogens is 2. The third-order valence-electron chi connectivity index (χ3n) is 5.46. The van der Waals surface area contributed by atoms with Crippen LogP contribution in [-0.2, 0) is 6.54 Å². The van der Waals surface area contributed by atoms with Crippen LogP contribution in [0.15, 0.2) is 66.0 Å². The number of nitrogens with zero attached hydrogens (tertiary/aromatic N) is 6. The fourth-order valence-electron chi connectivity index (χ4n) is 4.00. The summed E-state index contributed by atoms with van der Waals surface area (Å²) in [7, 11) is 4.08. The number of furan rings is 1. The normalized spacial score (nSPS) is 11.7. The summed E-state index contributed by atoms with van der Waals surface area (Å²) in [5.41, 5.74) is 7.77. The van der Waals surface area contributed by atoms with Gasteiger partial charge < -0.3 is 14.3 Å². The predicted molar refractivity (Wildman–Crippen MR) is 125 cm³/mol. The molecule has 0 radical (unpaired) electrons. The molecule has 6 heterocycles. The molecule has 6 rings (SSSR count). The van der Waals surface area contributed by atoms with Crippen LogP contribution in [0.25, 0.3) is 56.0 Å². The Labute approximate surface area is 188 Å². The number of pyridine rings is 3. The van der Waals surface area contributed by atoms with Gasteiger partial charge in [-0.15, -0.1) is 0 Å². The number of aromatic amines is 2. The van der Waals surface area contributed by atoms with Gasteiger partial charge in [-0.2, -0.15) is 5.10 Å². The second kappa shape index (κ2) is 7.64. The van der Waals surface area contributed by atoms with Crippen LogP contribution in [0.4, 0.5) is 0 Å². The van der Waals surface area contributed by atoms with Gasteiger partial charge in [-0.3, -0.25) is 15.1 Å². The van der Waals surface area contributed by atoms with E-state index in [4.69, 9.17) is 9.40 Å². The summed E-state index contributed by atoms with van der Waals surface area (Å²) in [6, 6.07) is 7.98. The van der Waals surface area contributed by atoms with Crippen LogP contribution in [0.5, 0.6) is 0 Å². The van der Waals surface area contributed by atoms with Gasteiger partial charge in [0.1, 0.15) is 16.9 Å². The summed E-state index contributed by atoms with van der Waals surface area (Å²) in [6.45, 7) is 0.819. The highest BCUT2D eigenvalue weighted by atomic mass is 16.3. The van der Waals surface area contributed by atoms with E-state index in [9.17, 15) is 0 Å². The molecule has 33 heavy (non-hydrogen) atoms. The van der Waals surface area contributed by atoms with Crippen LogP contribution in [0, 0.1) is 0 Å². The maximum absolute atomic E-state index is 5.23. The molecule has 0 saturated carbocycles. The molecule has 162 valence electrons. The Morgan fingerprint density at radius 1 is 0.970 bits per heavy atom. The number of hydrogen-bond donors (Lipinski definition) is 2. The average Bonchev–Trinajstić information content (AvgIpc) is 3.57. The molecule has 0 atom stereocenters. The topological polar surface area (TPSA) is 112 Å². The molecule has 6 aromatic rings. The molecule has 9 nitrogen and oxygen atoms in total. The molecule has 0 aliphatic heterocycles. The molecular weight excluding hydrogens is 416 g/mol. The number of fused-ring (bicyclic) bond motifs is 2. The van der Waals surface area contributed by atoms with Crippen molar-refractivity contribution in [3.63, 3.8) is 0 Å². The summed E-state index contributed by atoms with van der Waals surface area (Å²) in [5, 5.41) is 8.39. The largest absolute Gasteiger partial charge is 0.472 e. The third kappa shape index (κ3) is 3.44. The Balaban J connectivity index is 1.45. The van der Waals surface area contributed by atoms with Gasteiger partial charge in [0.2, 0.25) is 0 Å². The maximum atomic E-state index is 5.23. The van der Waals surface area contributed by atoms with Crippen LogP contribution in [0.1, 0.15) is 5.56 Å². The van der Waals surface area contributed by atoms with Crippen molar-refractivity contribution < 1.29 is 4.42 Å². The minimum atomic E-state index is 0.646. The number of nitrogens with one attached hydrogen (secondary N) is 2. The van der Waals surface area contributed by atoms with Crippen molar-refractivity contribution in [1.29, 1.82) is 0 Å². The first-order chi connectivity index (χ1) is 16.2. The second-order valence-electron chi connectivity index (χ2n) is 8.17. The lowest BCUT2D eigenvalue weighted by atomic mass is 10.1. The van der Waals surface area contributed by atoms with Crippen LogP contribution >= 0.6 is 0 Å². The Morgan fingerprint density at radius 2 is 1.88 bits per heavy atom. The molecule has 6 aromatic heterocycles. The van der Waals surface area contributed by atoms with Crippen LogP contribution < -0.4 is 0 Å². The third-order valence-corrected chi connectivity index (χ3v) is 5.46. The van der Waals surface area contributed by atoms with Crippen LogP contribution in [0.2, 0.25) is 0 Å². The molecule has 0 spiro atoms. The maximum Gasteiger partial charge on any atom is 0.159 e. The first kappa shape index (κ1) is 19.3. The minimum absolute atomic E-state index is 0.646. The van der Waals surface area contributed by atoms with Crippen molar-refractivity contribution in [2.24, 2.45) is 0 Å². The molecule has 2 N–H and O–H groups in total. The van der Waals surface area contributed by atoms with Gasteiger partial charge in [-0.25, -0.2) is 9.97 Å². The Bertz CT molecular complexity index is 1580. The fraction of sp³-hybridized carbons (Fsp3) is 0.125. The van der Waals surface area contributed by atoms with Crippen molar-refractivity contribution in [2.75, 3.05) is 14.1 Å². The molecule has 0 amide bonds. The molecule has 0 aliphatic carbocycles. The zero-order valence-electron chi connectivity index (χ0n) is 18.1. The molecule has 0 aromatic carbocycles. The molecule has 0 fully saturated rings. The van der Waals surface area contributed by atoms with E-state index in [1.54, 1.807) is 18.7 Å². The zero-order chi connectivity index (χ0) is 22.4. The Hall–Kier alpha value is -4.37. The van der Waals surface area contributed by atoms with E-state index in [1.165, 1.54) is 0 Å². The van der Waals surface area contributed by atoms with E-state index in [1.807, 2.05) is 44.8 Å². The first-order valence-electron chi connectivity index (χ1n) is 10.5. The zero-order valence-corrected chi connectivity index (χ0v) is 18.1. The highest BCUT2D eigenvalue weighted by molar-refractivity contribution is 5.96. The van der Waals surface area contributed by atoms with E-state index in [0.29, 0.717) is 17.2 Å². The lowest BCUT2D eigenvalue weighted by Crippen LogP contribution is -2.10. The quantitative estimate of drug-likeness (QED) is 0.415. The van der Waals surface area contributed by atoms with Crippen molar-refractivity contribution >= 4 is 22.1 Å². The van der Waals surface area contributed by atoms with Crippen LogP contribution in [0.3, 0.4) is 0 Å². The summed E-state index contributed by atoms with van der Waals surface area (Å²) in [5.74, 6) is 0.646. The highest BCUT2D eigenvalue weighted by Gasteiger charge is 2.17. The van der Waals surface area contributed by atoms with Gasteiger partial charge in [0.05, 0.1) is 23.4 Å². The van der Waals surface area contributed by atoms with Crippen LogP contribution in [-0.4, -0.2) is 54.1 Å². The summed E-state index contributed by atoms with van der Waals surface area (Å²) in [6.07, 6.45) is 10.6. The molecule has 0 aliphatic rings. The Morgan fingerprint density at radius 3 is 2.73 bits per heavy atom. The second-order valence-corrected chi connectivity index (χ2v) is 8.17. The predicted octanol–water partition coefficient (Wildman–Crippen LogP) is 4.28. The van der Waals surface area contributed by atoms with Gasteiger partial charge in [0.15, 0.2) is 11.5 Å². The standard InChI is InChI=1S/C24H20N8O/c1-32(2)12-14-7-16(10-25-9-14)17-8-18-21(30-31-23(18)27-11-17)24-28-19-3-5-26-20(22(19)29-24)15-4-6-33-13-15/h3-11,13H,12H2,1-2H3,(H,28,29)(H,27,30,31). The van der Waals surface area contributed by atoms with Crippen molar-refractivity contribution in [2.45, 2.75) is 6.54 Å². The summed E-state index contributed by atoms with van der Waals surface area (Å²) >= 11 is 0. The molecule has 9 heteroatoms. The lowest BCUT2D eigenvalue weighted by Gasteiger charge is -2.10. The lowest BCUT2D eigenvalue weighted by molar-refractivity contribution is 0.402. The van der Waals surface area contributed by atoms with E-state index < -0.39 is 0 Å². The molecule has 0 unspecified atom stereocenters. The summed E-state index contributed by atoms with van der Waals surface area (Å²) < 4.78 is 5.23. The Kier molecular flexibility index (Phi) is 4.48. The summed E-state index contributed by atoms with van der Waals surface area (Å²) in [4.78, 5) is 23.8. The number of imidazole rings is 1. The first-order valence-corrected chi connectivity index (χ1v) is 10.5. The number of aromatic nitrogens is 7. The molecule has 0 bridgehead atoms. The average molecular weight is 436 g/mol. The smallest absolute Gasteiger partial charge is 0.159 e. The van der Waals surface area contributed by atoms with E-state index in [-0.39, 0.29) is 0 Å². The van der Waals surface area contributed by atoms with Gasteiger partial charge in [0.25, 0.3) is 0 Å².